The number of hydrogen-bond donors (Lipinski definition) is 1. The molecule has 0 amide bonds. The van der Waals surface area contributed by atoms with Crippen molar-refractivity contribution in [1.82, 2.24) is 9.78 Å². The molecule has 0 saturated carbocycles. The van der Waals surface area contributed by atoms with Crippen molar-refractivity contribution in [2.24, 2.45) is 7.05 Å². The van der Waals surface area contributed by atoms with Crippen molar-refractivity contribution in [2.75, 3.05) is 19.0 Å². The highest BCUT2D eigenvalue weighted by atomic mass is 16.5. The molecule has 2 aromatic rings. The van der Waals surface area contributed by atoms with Crippen LogP contribution in [0.4, 0.5) is 5.69 Å². The van der Waals surface area contributed by atoms with E-state index < -0.39 is 0 Å². The van der Waals surface area contributed by atoms with Crippen LogP contribution in [0.1, 0.15) is 11.3 Å². The molecule has 18 heavy (non-hydrogen) atoms. The Morgan fingerprint density at radius 1 is 1.33 bits per heavy atom. The van der Waals surface area contributed by atoms with Gasteiger partial charge < -0.3 is 10.1 Å². The van der Waals surface area contributed by atoms with Crippen LogP contribution in [0.3, 0.4) is 0 Å². The molecule has 0 fully saturated rings. The van der Waals surface area contributed by atoms with E-state index in [1.165, 1.54) is 11.3 Å². The van der Waals surface area contributed by atoms with Crippen LogP contribution in [0.2, 0.25) is 0 Å². The van der Waals surface area contributed by atoms with Crippen molar-refractivity contribution in [2.45, 2.75) is 13.0 Å². The van der Waals surface area contributed by atoms with E-state index in [0.717, 1.165) is 18.7 Å². The van der Waals surface area contributed by atoms with Gasteiger partial charge in [-0.2, -0.15) is 5.10 Å². The maximum Gasteiger partial charge on any atom is 0.0713 e. The van der Waals surface area contributed by atoms with Gasteiger partial charge in [-0.1, -0.05) is 12.1 Å². The van der Waals surface area contributed by atoms with Crippen LogP contribution < -0.4 is 5.32 Å². The fourth-order valence-electron chi connectivity index (χ4n) is 1.92. The number of ether oxygens (including phenoxy) is 1. The van der Waals surface area contributed by atoms with E-state index in [0.29, 0.717) is 6.61 Å². The van der Waals surface area contributed by atoms with Gasteiger partial charge in [-0.3, -0.25) is 4.68 Å². The van der Waals surface area contributed by atoms with Gasteiger partial charge in [0.2, 0.25) is 0 Å². The summed E-state index contributed by atoms with van der Waals surface area (Å²) in [6.07, 6.45) is 2.79. The summed E-state index contributed by atoms with van der Waals surface area (Å²) in [5, 5.41) is 7.57. The first-order chi connectivity index (χ1) is 8.79. The van der Waals surface area contributed by atoms with Crippen molar-refractivity contribution in [3.05, 3.63) is 47.8 Å². The minimum Gasteiger partial charge on any atom is -0.385 e. The standard InChI is InChI=1S/C14H19N3O/c1-17-14(7-9-16-17)6-8-15-13-5-3-4-12(10-13)11-18-2/h3-5,7,9-10,15H,6,8,11H2,1-2H3. The average molecular weight is 245 g/mol. The summed E-state index contributed by atoms with van der Waals surface area (Å²) in [5.74, 6) is 0. The van der Waals surface area contributed by atoms with Gasteiger partial charge in [0.15, 0.2) is 0 Å². The van der Waals surface area contributed by atoms with Crippen LogP contribution in [0.5, 0.6) is 0 Å². The first-order valence-corrected chi connectivity index (χ1v) is 6.08. The molecule has 1 aromatic carbocycles. The summed E-state index contributed by atoms with van der Waals surface area (Å²) in [6, 6.07) is 10.3. The number of methoxy groups -OCH3 is 1. The molecule has 1 heterocycles. The van der Waals surface area contributed by atoms with Crippen LogP contribution in [-0.4, -0.2) is 23.4 Å². The smallest absolute Gasteiger partial charge is 0.0713 e. The lowest BCUT2D eigenvalue weighted by Gasteiger charge is -2.08. The monoisotopic (exact) mass is 245 g/mol. The number of hydrogen-bond acceptors (Lipinski definition) is 3. The molecule has 0 unspecified atom stereocenters. The molecule has 0 aliphatic carbocycles. The summed E-state index contributed by atoms with van der Waals surface area (Å²) >= 11 is 0. The predicted octanol–water partition coefficient (Wildman–Crippen LogP) is 2.22. The van der Waals surface area contributed by atoms with Gasteiger partial charge in [0.25, 0.3) is 0 Å². The number of nitrogens with zero attached hydrogens (tertiary/aromatic N) is 2. The van der Waals surface area contributed by atoms with E-state index in [4.69, 9.17) is 4.74 Å². The molecule has 4 nitrogen and oxygen atoms in total. The van der Waals surface area contributed by atoms with Gasteiger partial charge in [0.1, 0.15) is 0 Å². The van der Waals surface area contributed by atoms with Gasteiger partial charge in [0, 0.05) is 44.7 Å². The van der Waals surface area contributed by atoms with E-state index in [9.17, 15) is 0 Å². The van der Waals surface area contributed by atoms with Crippen molar-refractivity contribution in [1.29, 1.82) is 0 Å². The minimum absolute atomic E-state index is 0.650. The maximum absolute atomic E-state index is 5.12. The van der Waals surface area contributed by atoms with E-state index in [1.807, 2.05) is 30.1 Å². The van der Waals surface area contributed by atoms with Gasteiger partial charge in [-0.25, -0.2) is 0 Å². The zero-order chi connectivity index (χ0) is 12.8. The summed E-state index contributed by atoms with van der Waals surface area (Å²) in [7, 11) is 3.68. The first-order valence-electron chi connectivity index (χ1n) is 6.08. The average Bonchev–Trinajstić information content (AvgIpc) is 2.76. The maximum atomic E-state index is 5.12. The lowest BCUT2D eigenvalue weighted by molar-refractivity contribution is 0.185. The Morgan fingerprint density at radius 3 is 2.94 bits per heavy atom. The molecule has 0 aliphatic rings. The SMILES string of the molecule is COCc1cccc(NCCc2ccnn2C)c1. The first kappa shape index (κ1) is 12.6. The molecule has 2 rings (SSSR count). The van der Waals surface area contributed by atoms with Crippen LogP contribution in [0.25, 0.3) is 0 Å². The van der Waals surface area contributed by atoms with Crippen LogP contribution in [0, 0.1) is 0 Å². The third kappa shape index (κ3) is 3.34. The lowest BCUT2D eigenvalue weighted by atomic mass is 10.2. The second-order valence-corrected chi connectivity index (χ2v) is 4.26. The van der Waals surface area contributed by atoms with Crippen LogP contribution >= 0.6 is 0 Å². The number of benzene rings is 1. The zero-order valence-electron chi connectivity index (χ0n) is 10.9. The normalized spacial score (nSPS) is 10.6. The third-order valence-corrected chi connectivity index (χ3v) is 2.87. The molecule has 0 bridgehead atoms. The highest BCUT2D eigenvalue weighted by Gasteiger charge is 1.99. The Labute approximate surface area is 108 Å². The van der Waals surface area contributed by atoms with Gasteiger partial charge in [-0.05, 0) is 23.8 Å². The molecule has 0 atom stereocenters. The van der Waals surface area contributed by atoms with Crippen molar-refractivity contribution in [3.63, 3.8) is 0 Å². The fourth-order valence-corrected chi connectivity index (χ4v) is 1.92. The molecule has 0 aliphatic heterocycles. The van der Waals surface area contributed by atoms with Crippen molar-refractivity contribution < 1.29 is 4.74 Å². The minimum atomic E-state index is 0.650. The number of nitrogens with one attached hydrogen (secondary N) is 1. The van der Waals surface area contributed by atoms with Gasteiger partial charge >= 0.3 is 0 Å². The fraction of sp³-hybridized carbons (Fsp3) is 0.357. The molecular formula is C14H19N3O. The number of aromatic nitrogens is 2. The van der Waals surface area contributed by atoms with E-state index >= 15 is 0 Å². The topological polar surface area (TPSA) is 39.1 Å². The molecule has 1 N–H and O–H groups in total. The van der Waals surface area contributed by atoms with Crippen LogP contribution in [-0.2, 0) is 24.8 Å². The summed E-state index contributed by atoms with van der Waals surface area (Å²) in [5.41, 5.74) is 3.55. The Hall–Kier alpha value is -1.81. The Kier molecular flexibility index (Phi) is 4.36. The van der Waals surface area contributed by atoms with E-state index in [2.05, 4.69) is 28.6 Å². The number of rotatable bonds is 6. The Morgan fingerprint density at radius 2 is 2.22 bits per heavy atom. The van der Waals surface area contributed by atoms with E-state index in [-0.39, 0.29) is 0 Å². The second-order valence-electron chi connectivity index (χ2n) is 4.26. The van der Waals surface area contributed by atoms with Crippen molar-refractivity contribution >= 4 is 5.69 Å². The Balaban J connectivity index is 1.86. The third-order valence-electron chi connectivity index (χ3n) is 2.87. The molecule has 1 aromatic heterocycles. The highest BCUT2D eigenvalue weighted by molar-refractivity contribution is 5.45. The summed E-state index contributed by atoms with van der Waals surface area (Å²) < 4.78 is 7.03. The lowest BCUT2D eigenvalue weighted by Crippen LogP contribution is -2.08. The van der Waals surface area contributed by atoms with Crippen molar-refractivity contribution in [3.8, 4) is 0 Å². The molecule has 96 valence electrons. The highest BCUT2D eigenvalue weighted by Crippen LogP contribution is 2.11. The van der Waals surface area contributed by atoms with Crippen LogP contribution in [0.15, 0.2) is 36.5 Å². The molecular weight excluding hydrogens is 226 g/mol. The largest absolute Gasteiger partial charge is 0.385 e. The molecule has 4 heteroatoms. The Bertz CT molecular complexity index is 493. The zero-order valence-corrected chi connectivity index (χ0v) is 10.9. The predicted molar refractivity (Wildman–Crippen MR) is 72.6 cm³/mol. The molecule has 0 saturated heterocycles. The van der Waals surface area contributed by atoms with E-state index in [1.54, 1.807) is 7.11 Å². The van der Waals surface area contributed by atoms with Gasteiger partial charge in [0.05, 0.1) is 6.61 Å². The van der Waals surface area contributed by atoms with Gasteiger partial charge in [-0.15, -0.1) is 0 Å². The quantitative estimate of drug-likeness (QED) is 0.848. The molecule has 0 spiro atoms. The number of anilines is 1. The summed E-state index contributed by atoms with van der Waals surface area (Å²) in [6.45, 7) is 1.55. The second kappa shape index (κ2) is 6.21. The number of aryl methyl sites for hydroxylation is 1. The summed E-state index contributed by atoms with van der Waals surface area (Å²) in [4.78, 5) is 0. The molecule has 0 radical (unpaired) electrons.